The minimum Gasteiger partial charge on any atom is -0.310 e. The van der Waals surface area contributed by atoms with Crippen LogP contribution < -0.4 is 5.32 Å². The van der Waals surface area contributed by atoms with Crippen molar-refractivity contribution in [2.24, 2.45) is 29.6 Å². The Morgan fingerprint density at radius 1 is 1.28 bits per heavy atom. The van der Waals surface area contributed by atoms with Crippen molar-refractivity contribution < 1.29 is 4.79 Å². The predicted molar refractivity (Wildman–Crippen MR) is 69.2 cm³/mol. The number of pyridine rings is 1. The average molecular weight is 263 g/mol. The van der Waals surface area contributed by atoms with Gasteiger partial charge in [-0.2, -0.15) is 0 Å². The summed E-state index contributed by atoms with van der Waals surface area (Å²) in [5.74, 6) is 3.95. The van der Waals surface area contributed by atoms with Crippen LogP contribution in [-0.2, 0) is 4.79 Å². The van der Waals surface area contributed by atoms with E-state index in [1.807, 2.05) is 6.07 Å². The van der Waals surface area contributed by atoms with Crippen molar-refractivity contribution in [3.05, 3.63) is 23.4 Å². The highest BCUT2D eigenvalue weighted by atomic mass is 35.5. The van der Waals surface area contributed by atoms with E-state index in [-0.39, 0.29) is 11.8 Å². The van der Waals surface area contributed by atoms with Crippen LogP contribution in [0.2, 0.25) is 5.15 Å². The molecule has 0 saturated heterocycles. The quantitative estimate of drug-likeness (QED) is 0.833. The Morgan fingerprint density at radius 3 is 2.67 bits per heavy atom. The number of nitrogens with zero attached hydrogens (tertiary/aromatic N) is 1. The summed E-state index contributed by atoms with van der Waals surface area (Å²) in [6.45, 7) is 0. The number of anilines is 1. The summed E-state index contributed by atoms with van der Waals surface area (Å²) < 4.78 is 0. The first-order valence-electron chi connectivity index (χ1n) is 6.67. The van der Waals surface area contributed by atoms with Crippen molar-refractivity contribution >= 4 is 23.3 Å². The lowest BCUT2D eigenvalue weighted by molar-refractivity contribution is -0.118. The third kappa shape index (κ3) is 1.50. The normalized spacial score (nSPS) is 39.5. The van der Waals surface area contributed by atoms with Gasteiger partial charge in [0, 0.05) is 5.92 Å². The molecule has 18 heavy (non-hydrogen) atoms. The molecule has 4 atom stereocenters. The third-order valence-electron chi connectivity index (χ3n) is 5.00. The average Bonchev–Trinajstić information content (AvgIpc) is 2.79. The number of halogens is 1. The highest BCUT2D eigenvalue weighted by Crippen LogP contribution is 2.69. The third-order valence-corrected chi connectivity index (χ3v) is 5.21. The Bertz CT molecular complexity index is 502. The van der Waals surface area contributed by atoms with E-state index in [1.165, 1.54) is 19.3 Å². The fraction of sp³-hybridized carbons (Fsp3) is 0.571. The molecule has 3 nitrogen and oxygen atoms in total. The summed E-state index contributed by atoms with van der Waals surface area (Å²) in [6.07, 6.45) is 4.05. The molecule has 1 N–H and O–H groups in total. The summed E-state index contributed by atoms with van der Waals surface area (Å²) in [7, 11) is 0. The van der Waals surface area contributed by atoms with E-state index in [0.717, 1.165) is 11.8 Å². The van der Waals surface area contributed by atoms with Crippen molar-refractivity contribution in [2.75, 3.05) is 5.32 Å². The minimum absolute atomic E-state index is 0.149. The SMILES string of the molecule is O=C(Nc1cccc(Cl)n1)C1C2C3CCC(C3)C12. The maximum absolute atomic E-state index is 12.2. The number of nitrogens with one attached hydrogen (secondary N) is 1. The molecule has 4 rings (SSSR count). The number of hydrogen-bond donors (Lipinski definition) is 1. The van der Waals surface area contributed by atoms with Crippen LogP contribution in [0.5, 0.6) is 0 Å². The fourth-order valence-corrected chi connectivity index (χ4v) is 4.53. The van der Waals surface area contributed by atoms with Gasteiger partial charge in [0.05, 0.1) is 0 Å². The molecule has 1 heterocycles. The maximum atomic E-state index is 12.2. The number of hydrogen-bond acceptors (Lipinski definition) is 2. The first-order valence-corrected chi connectivity index (χ1v) is 7.05. The molecule has 0 radical (unpaired) electrons. The number of carbonyl (C=O) groups is 1. The number of fused-ring (bicyclic) bond motifs is 5. The molecule has 4 unspecified atom stereocenters. The molecule has 94 valence electrons. The number of rotatable bonds is 2. The zero-order chi connectivity index (χ0) is 12.3. The van der Waals surface area contributed by atoms with Crippen LogP contribution in [0.15, 0.2) is 18.2 Å². The second-order valence-corrected chi connectivity index (χ2v) is 6.24. The van der Waals surface area contributed by atoms with Gasteiger partial charge in [-0.25, -0.2) is 4.98 Å². The van der Waals surface area contributed by atoms with Crippen molar-refractivity contribution in [1.82, 2.24) is 4.98 Å². The lowest BCUT2D eigenvalue weighted by atomic mass is 10.0. The molecule has 1 amide bonds. The van der Waals surface area contributed by atoms with Crippen LogP contribution in [-0.4, -0.2) is 10.9 Å². The van der Waals surface area contributed by atoms with Crippen LogP contribution in [0.3, 0.4) is 0 Å². The van der Waals surface area contributed by atoms with Gasteiger partial charge in [0.15, 0.2) is 0 Å². The lowest BCUT2D eigenvalue weighted by Gasteiger charge is -2.09. The van der Waals surface area contributed by atoms with Gasteiger partial charge in [0.1, 0.15) is 11.0 Å². The first kappa shape index (κ1) is 10.8. The number of amides is 1. The van der Waals surface area contributed by atoms with E-state index in [9.17, 15) is 4.79 Å². The van der Waals surface area contributed by atoms with E-state index in [2.05, 4.69) is 10.3 Å². The highest BCUT2D eigenvalue weighted by molar-refractivity contribution is 6.29. The van der Waals surface area contributed by atoms with Crippen LogP contribution in [0.4, 0.5) is 5.82 Å². The van der Waals surface area contributed by atoms with E-state index < -0.39 is 0 Å². The standard InChI is InChI=1S/C14H15ClN2O/c15-9-2-1-3-10(16-9)17-14(18)13-11-7-4-5-8(6-7)12(11)13/h1-3,7-8,11-13H,4-6H2,(H,16,17,18). The zero-order valence-corrected chi connectivity index (χ0v) is 10.7. The smallest absolute Gasteiger partial charge is 0.229 e. The van der Waals surface area contributed by atoms with Crippen molar-refractivity contribution in [3.63, 3.8) is 0 Å². The van der Waals surface area contributed by atoms with Gasteiger partial charge in [-0.15, -0.1) is 0 Å². The monoisotopic (exact) mass is 262 g/mol. The maximum Gasteiger partial charge on any atom is 0.229 e. The molecular formula is C14H15ClN2O. The molecule has 1 aromatic rings. The van der Waals surface area contributed by atoms with Crippen LogP contribution in [0.25, 0.3) is 0 Å². The lowest BCUT2D eigenvalue weighted by Crippen LogP contribution is -2.19. The molecule has 4 heteroatoms. The van der Waals surface area contributed by atoms with Gasteiger partial charge in [-0.05, 0) is 55.1 Å². The molecule has 0 spiro atoms. The molecular weight excluding hydrogens is 248 g/mol. The molecule has 3 saturated carbocycles. The second kappa shape index (κ2) is 3.70. The molecule has 1 aromatic heterocycles. The number of carbonyl (C=O) groups excluding carboxylic acids is 1. The van der Waals surface area contributed by atoms with Gasteiger partial charge < -0.3 is 5.32 Å². The van der Waals surface area contributed by atoms with Gasteiger partial charge >= 0.3 is 0 Å². The van der Waals surface area contributed by atoms with E-state index in [1.54, 1.807) is 12.1 Å². The van der Waals surface area contributed by atoms with E-state index in [4.69, 9.17) is 11.6 Å². The summed E-state index contributed by atoms with van der Waals surface area (Å²) in [6, 6.07) is 5.31. The summed E-state index contributed by atoms with van der Waals surface area (Å²) in [4.78, 5) is 16.3. The second-order valence-electron chi connectivity index (χ2n) is 5.85. The van der Waals surface area contributed by atoms with E-state index >= 15 is 0 Å². The molecule has 2 bridgehead atoms. The van der Waals surface area contributed by atoms with Crippen LogP contribution >= 0.6 is 11.6 Å². The summed E-state index contributed by atoms with van der Waals surface area (Å²) >= 11 is 5.81. The van der Waals surface area contributed by atoms with Crippen molar-refractivity contribution in [3.8, 4) is 0 Å². The van der Waals surface area contributed by atoms with Crippen molar-refractivity contribution in [2.45, 2.75) is 19.3 Å². The Kier molecular flexibility index (Phi) is 2.22. The van der Waals surface area contributed by atoms with Crippen LogP contribution in [0, 0.1) is 29.6 Å². The minimum atomic E-state index is 0.149. The van der Waals surface area contributed by atoms with Gasteiger partial charge in [0.2, 0.25) is 5.91 Å². The Hall–Kier alpha value is -1.09. The Labute approximate surface area is 111 Å². The van der Waals surface area contributed by atoms with Crippen molar-refractivity contribution in [1.29, 1.82) is 0 Å². The van der Waals surface area contributed by atoms with Gasteiger partial charge in [-0.1, -0.05) is 17.7 Å². The Morgan fingerprint density at radius 2 is 2.00 bits per heavy atom. The fourth-order valence-electron chi connectivity index (χ4n) is 4.36. The van der Waals surface area contributed by atoms with Gasteiger partial charge in [0.25, 0.3) is 0 Å². The largest absolute Gasteiger partial charge is 0.310 e. The molecule has 3 fully saturated rings. The molecule has 3 aliphatic rings. The molecule has 0 aliphatic heterocycles. The van der Waals surface area contributed by atoms with Gasteiger partial charge in [-0.3, -0.25) is 4.79 Å². The summed E-state index contributed by atoms with van der Waals surface area (Å²) in [5, 5.41) is 3.33. The van der Waals surface area contributed by atoms with Crippen LogP contribution in [0.1, 0.15) is 19.3 Å². The van der Waals surface area contributed by atoms with E-state index in [0.29, 0.717) is 22.8 Å². The highest BCUT2D eigenvalue weighted by Gasteiger charge is 2.67. The molecule has 3 aliphatic carbocycles. The topological polar surface area (TPSA) is 42.0 Å². The molecule has 0 aromatic carbocycles. The number of aromatic nitrogens is 1. The summed E-state index contributed by atoms with van der Waals surface area (Å²) in [5.41, 5.74) is 0. The zero-order valence-electron chi connectivity index (χ0n) is 9.97. The Balaban J connectivity index is 1.47. The first-order chi connectivity index (χ1) is 8.74. The predicted octanol–water partition coefficient (Wildman–Crippen LogP) is 2.97.